The van der Waals surface area contributed by atoms with E-state index in [9.17, 15) is 18.8 Å². The average molecular weight is 400 g/mol. The third kappa shape index (κ3) is 4.93. The zero-order chi connectivity index (χ0) is 19.6. The van der Waals surface area contributed by atoms with Gasteiger partial charge < -0.3 is 9.73 Å². The molecule has 2 aromatic rings. The van der Waals surface area contributed by atoms with Crippen molar-refractivity contribution in [3.63, 3.8) is 0 Å². The van der Waals surface area contributed by atoms with Crippen molar-refractivity contribution in [3.05, 3.63) is 57.2 Å². The Labute approximate surface area is 159 Å². The quantitative estimate of drug-likeness (QED) is 0.602. The zero-order valence-corrected chi connectivity index (χ0v) is 15.8. The van der Waals surface area contributed by atoms with E-state index in [0.29, 0.717) is 5.56 Å². The summed E-state index contributed by atoms with van der Waals surface area (Å²) in [6, 6.07) is 5.01. The normalized spacial score (nSPS) is 11.3. The van der Waals surface area contributed by atoms with Gasteiger partial charge in [-0.15, -0.1) is 0 Å². The molecule has 0 spiro atoms. The number of amides is 1. The van der Waals surface area contributed by atoms with Crippen LogP contribution in [0.2, 0.25) is 10.2 Å². The number of rotatable bonds is 5. The van der Waals surface area contributed by atoms with E-state index in [4.69, 9.17) is 27.6 Å². The second-order valence-electron chi connectivity index (χ2n) is 6.68. The number of benzene rings is 1. The van der Waals surface area contributed by atoms with Gasteiger partial charge >= 0.3 is 0 Å². The maximum absolute atomic E-state index is 13.2. The summed E-state index contributed by atoms with van der Waals surface area (Å²) in [7, 11) is 0. The SMILES string of the molecule is CC(C)(C)NC(=O)C(=O)c1cc(C(=O)Cc2ccc(F)c(Cl)c2)c(Cl)o1. The third-order valence-electron chi connectivity index (χ3n) is 3.25. The number of hydrogen-bond donors (Lipinski definition) is 1. The first-order chi connectivity index (χ1) is 12.0. The van der Waals surface area contributed by atoms with Crippen LogP contribution in [0.1, 0.15) is 47.2 Å². The molecular weight excluding hydrogens is 384 g/mol. The highest BCUT2D eigenvalue weighted by Gasteiger charge is 2.27. The van der Waals surface area contributed by atoms with Gasteiger partial charge in [0.25, 0.3) is 11.7 Å². The van der Waals surface area contributed by atoms with E-state index in [1.807, 2.05) is 0 Å². The van der Waals surface area contributed by atoms with Crippen LogP contribution in [-0.4, -0.2) is 23.0 Å². The Hall–Kier alpha value is -2.18. The molecule has 0 saturated heterocycles. The summed E-state index contributed by atoms with van der Waals surface area (Å²) in [6.07, 6.45) is -0.124. The molecule has 0 unspecified atom stereocenters. The van der Waals surface area contributed by atoms with E-state index in [-0.39, 0.29) is 28.0 Å². The molecule has 1 heterocycles. The molecule has 2 rings (SSSR count). The Kier molecular flexibility index (Phi) is 5.88. The van der Waals surface area contributed by atoms with Gasteiger partial charge in [-0.1, -0.05) is 17.7 Å². The van der Waals surface area contributed by atoms with Crippen molar-refractivity contribution in [2.75, 3.05) is 0 Å². The molecule has 0 fully saturated rings. The summed E-state index contributed by atoms with van der Waals surface area (Å²) in [5.74, 6) is -3.20. The monoisotopic (exact) mass is 399 g/mol. The van der Waals surface area contributed by atoms with E-state index in [2.05, 4.69) is 5.32 Å². The summed E-state index contributed by atoms with van der Waals surface area (Å²) < 4.78 is 18.2. The largest absolute Gasteiger partial charge is 0.440 e. The highest BCUT2D eigenvalue weighted by atomic mass is 35.5. The lowest BCUT2D eigenvalue weighted by atomic mass is 10.0. The average Bonchev–Trinajstić information content (AvgIpc) is 2.90. The minimum atomic E-state index is -0.939. The van der Waals surface area contributed by atoms with Crippen LogP contribution in [-0.2, 0) is 11.2 Å². The molecule has 0 aliphatic rings. The van der Waals surface area contributed by atoms with E-state index >= 15 is 0 Å². The summed E-state index contributed by atoms with van der Waals surface area (Å²) in [6.45, 7) is 5.15. The number of hydrogen-bond acceptors (Lipinski definition) is 4. The molecule has 1 aromatic heterocycles. The van der Waals surface area contributed by atoms with Crippen molar-refractivity contribution >= 4 is 40.7 Å². The number of halogens is 3. The maximum atomic E-state index is 13.2. The molecule has 0 aliphatic heterocycles. The van der Waals surface area contributed by atoms with Crippen molar-refractivity contribution < 1.29 is 23.2 Å². The molecule has 8 heteroatoms. The number of ketones is 2. The summed E-state index contributed by atoms with van der Waals surface area (Å²) >= 11 is 11.6. The summed E-state index contributed by atoms with van der Waals surface area (Å²) in [5.41, 5.74) is -0.181. The zero-order valence-electron chi connectivity index (χ0n) is 14.3. The fourth-order valence-corrected chi connectivity index (χ4v) is 2.56. The van der Waals surface area contributed by atoms with Crippen molar-refractivity contribution in [3.8, 4) is 0 Å². The second-order valence-corrected chi connectivity index (χ2v) is 7.43. The highest BCUT2D eigenvalue weighted by molar-refractivity contribution is 6.43. The van der Waals surface area contributed by atoms with Gasteiger partial charge in [-0.25, -0.2) is 4.39 Å². The first kappa shape index (κ1) is 20.1. The minimum Gasteiger partial charge on any atom is -0.440 e. The summed E-state index contributed by atoms with van der Waals surface area (Å²) in [5, 5.41) is 2.10. The number of carbonyl (C=O) groups excluding carboxylic acids is 3. The lowest BCUT2D eigenvalue weighted by Crippen LogP contribution is -2.44. The van der Waals surface area contributed by atoms with Crippen molar-refractivity contribution in [2.24, 2.45) is 0 Å². The fourth-order valence-electron chi connectivity index (χ4n) is 2.11. The minimum absolute atomic E-state index is 0.0426. The molecule has 0 saturated carbocycles. The fraction of sp³-hybridized carbons (Fsp3) is 0.278. The molecule has 26 heavy (non-hydrogen) atoms. The topological polar surface area (TPSA) is 76.4 Å². The standard InChI is InChI=1S/C18H16Cl2FNO4/c1-18(2,3)22-17(25)15(24)14-8-10(16(20)26-14)13(23)7-9-4-5-12(21)11(19)6-9/h4-6,8H,7H2,1-3H3,(H,22,25). The van der Waals surface area contributed by atoms with E-state index in [1.54, 1.807) is 20.8 Å². The first-order valence-corrected chi connectivity index (χ1v) is 8.37. The van der Waals surface area contributed by atoms with Crippen LogP contribution in [0.25, 0.3) is 0 Å². The van der Waals surface area contributed by atoms with Crippen LogP contribution in [0.3, 0.4) is 0 Å². The van der Waals surface area contributed by atoms with Crippen molar-refractivity contribution in [1.82, 2.24) is 5.32 Å². The van der Waals surface area contributed by atoms with E-state index in [1.165, 1.54) is 12.1 Å². The number of carbonyl (C=O) groups is 3. The van der Waals surface area contributed by atoms with Crippen LogP contribution in [0.15, 0.2) is 28.7 Å². The Bertz CT molecular complexity index is 884. The van der Waals surface area contributed by atoms with Gasteiger partial charge in [0.1, 0.15) is 5.82 Å². The Balaban J connectivity index is 2.18. The van der Waals surface area contributed by atoms with Crippen molar-refractivity contribution in [2.45, 2.75) is 32.7 Å². The number of furan rings is 1. The smallest absolute Gasteiger partial charge is 0.296 e. The van der Waals surface area contributed by atoms with Gasteiger partial charge in [0.05, 0.1) is 10.6 Å². The molecule has 0 atom stereocenters. The molecule has 1 N–H and O–H groups in total. The Morgan fingerprint density at radius 2 is 1.81 bits per heavy atom. The highest BCUT2D eigenvalue weighted by Crippen LogP contribution is 2.24. The molecule has 138 valence electrons. The van der Waals surface area contributed by atoms with Crippen molar-refractivity contribution in [1.29, 1.82) is 0 Å². The predicted molar refractivity (Wildman–Crippen MR) is 95.4 cm³/mol. The lowest BCUT2D eigenvalue weighted by molar-refractivity contribution is -0.118. The predicted octanol–water partition coefficient (Wildman–Crippen LogP) is 4.25. The third-order valence-corrected chi connectivity index (χ3v) is 3.82. The maximum Gasteiger partial charge on any atom is 0.296 e. The molecule has 1 amide bonds. The molecule has 0 aliphatic carbocycles. The lowest BCUT2D eigenvalue weighted by Gasteiger charge is -2.19. The Morgan fingerprint density at radius 3 is 2.38 bits per heavy atom. The van der Waals surface area contributed by atoms with Gasteiger partial charge in [0.15, 0.2) is 11.5 Å². The second kappa shape index (κ2) is 7.60. The van der Waals surface area contributed by atoms with E-state index < -0.39 is 28.8 Å². The van der Waals surface area contributed by atoms with E-state index in [0.717, 1.165) is 12.1 Å². The molecule has 1 aromatic carbocycles. The van der Waals surface area contributed by atoms with Crippen LogP contribution >= 0.6 is 23.2 Å². The summed E-state index contributed by atoms with van der Waals surface area (Å²) in [4.78, 5) is 36.4. The van der Waals surface area contributed by atoms with Gasteiger partial charge in [-0.05, 0) is 50.1 Å². The molecule has 0 bridgehead atoms. The molecular formula is C18H16Cl2FNO4. The number of Topliss-reactive ketones (excluding diaryl/α,β-unsaturated/α-hetero) is 2. The van der Waals surface area contributed by atoms with Gasteiger partial charge in [-0.3, -0.25) is 14.4 Å². The van der Waals surface area contributed by atoms with Gasteiger partial charge in [0.2, 0.25) is 5.22 Å². The first-order valence-electron chi connectivity index (χ1n) is 7.61. The van der Waals surface area contributed by atoms with Crippen LogP contribution in [0.5, 0.6) is 0 Å². The number of nitrogens with one attached hydrogen (secondary N) is 1. The van der Waals surface area contributed by atoms with Crippen LogP contribution in [0.4, 0.5) is 4.39 Å². The molecule has 0 radical (unpaired) electrons. The Morgan fingerprint density at radius 1 is 1.15 bits per heavy atom. The van der Waals surface area contributed by atoms with Crippen LogP contribution < -0.4 is 5.32 Å². The van der Waals surface area contributed by atoms with Gasteiger partial charge in [0, 0.05) is 18.0 Å². The van der Waals surface area contributed by atoms with Gasteiger partial charge in [-0.2, -0.15) is 0 Å². The molecule has 5 nitrogen and oxygen atoms in total. The van der Waals surface area contributed by atoms with Crippen LogP contribution in [0, 0.1) is 5.82 Å².